The first-order valence-corrected chi connectivity index (χ1v) is 10.3. The predicted octanol–water partition coefficient (Wildman–Crippen LogP) is 2.27. The monoisotopic (exact) mass is 413 g/mol. The molecular weight excluding hydrogens is 394 g/mol. The van der Waals surface area contributed by atoms with E-state index in [9.17, 15) is 13.2 Å². The fraction of sp³-hybridized carbons (Fsp3) is 0.211. The minimum Gasteiger partial charge on any atom is -0.446 e. The molecule has 0 bridgehead atoms. The van der Waals surface area contributed by atoms with Crippen LogP contribution in [0.25, 0.3) is 10.9 Å². The van der Waals surface area contributed by atoms with Crippen LogP contribution < -0.4 is 5.32 Å². The summed E-state index contributed by atoms with van der Waals surface area (Å²) < 4.78 is 33.2. The van der Waals surface area contributed by atoms with E-state index in [1.54, 1.807) is 43.8 Å². The number of nitrogens with zero attached hydrogens (tertiary/aromatic N) is 3. The summed E-state index contributed by atoms with van der Waals surface area (Å²) in [6.07, 6.45) is 2.88. The Hall–Kier alpha value is -3.40. The highest BCUT2D eigenvalue weighted by Gasteiger charge is 2.26. The normalized spacial score (nSPS) is 11.8. The summed E-state index contributed by atoms with van der Waals surface area (Å²) >= 11 is 0. The van der Waals surface area contributed by atoms with E-state index in [4.69, 9.17) is 4.42 Å². The third-order valence-electron chi connectivity index (χ3n) is 4.99. The number of H-pyrrole nitrogens is 1. The molecule has 4 aromatic rings. The van der Waals surface area contributed by atoms with E-state index in [1.807, 2.05) is 0 Å². The Balaban J connectivity index is 1.66. The molecule has 0 fully saturated rings. The topological polar surface area (TPSA) is 123 Å². The van der Waals surface area contributed by atoms with Gasteiger partial charge in [0.05, 0.1) is 33.7 Å². The molecule has 10 heteroatoms. The summed E-state index contributed by atoms with van der Waals surface area (Å²) in [5.74, 6) is 0.142. The zero-order valence-electron chi connectivity index (χ0n) is 16.1. The van der Waals surface area contributed by atoms with E-state index < -0.39 is 15.7 Å². The molecule has 0 radical (unpaired) electrons. The maximum absolute atomic E-state index is 13.2. The SMILES string of the molecule is Cc1ncoc1CNC(=O)c1cc(S(=O)(=O)c2ccc3[nH]ncc3c2)c(C)n1C. The van der Waals surface area contributed by atoms with E-state index in [2.05, 4.69) is 20.5 Å². The number of hydrogen-bond donors (Lipinski definition) is 2. The number of carbonyl (C=O) groups is 1. The Morgan fingerprint density at radius 2 is 2.07 bits per heavy atom. The van der Waals surface area contributed by atoms with Gasteiger partial charge in [-0.15, -0.1) is 0 Å². The first-order chi connectivity index (χ1) is 13.8. The number of carbonyl (C=O) groups excluding carboxylic acids is 1. The van der Waals surface area contributed by atoms with Crippen LogP contribution in [0.1, 0.15) is 27.6 Å². The number of aromatic amines is 1. The number of hydrogen-bond acceptors (Lipinski definition) is 6. The Kier molecular flexibility index (Phi) is 4.50. The molecule has 0 saturated carbocycles. The van der Waals surface area contributed by atoms with Gasteiger partial charge in [0, 0.05) is 18.1 Å². The first-order valence-electron chi connectivity index (χ1n) is 8.80. The largest absolute Gasteiger partial charge is 0.446 e. The van der Waals surface area contributed by atoms with Gasteiger partial charge >= 0.3 is 0 Å². The van der Waals surface area contributed by atoms with Gasteiger partial charge in [-0.05, 0) is 38.1 Å². The Bertz CT molecular complexity index is 1330. The van der Waals surface area contributed by atoms with Crippen LogP contribution in [0.15, 0.2) is 51.1 Å². The minimum atomic E-state index is -3.81. The average Bonchev–Trinajstić information content (AvgIpc) is 3.39. The third kappa shape index (κ3) is 3.21. The highest BCUT2D eigenvalue weighted by Crippen LogP contribution is 2.28. The molecule has 4 rings (SSSR count). The minimum absolute atomic E-state index is 0.0869. The van der Waals surface area contributed by atoms with Gasteiger partial charge in [0.25, 0.3) is 5.91 Å². The van der Waals surface area contributed by atoms with Crippen molar-refractivity contribution in [1.29, 1.82) is 0 Å². The number of oxazole rings is 1. The van der Waals surface area contributed by atoms with Crippen LogP contribution in [0, 0.1) is 13.8 Å². The fourth-order valence-electron chi connectivity index (χ4n) is 3.12. The van der Waals surface area contributed by atoms with Crippen molar-refractivity contribution >= 4 is 26.6 Å². The smallest absolute Gasteiger partial charge is 0.268 e. The molecule has 9 nitrogen and oxygen atoms in total. The molecule has 0 saturated heterocycles. The highest BCUT2D eigenvalue weighted by molar-refractivity contribution is 7.91. The summed E-state index contributed by atoms with van der Waals surface area (Å²) in [4.78, 5) is 16.8. The number of aryl methyl sites for hydroxylation is 1. The van der Waals surface area contributed by atoms with Crippen molar-refractivity contribution in [2.75, 3.05) is 0 Å². The van der Waals surface area contributed by atoms with Crippen LogP contribution in [0.3, 0.4) is 0 Å². The molecule has 150 valence electrons. The maximum atomic E-state index is 13.2. The van der Waals surface area contributed by atoms with Gasteiger partial charge in [0.2, 0.25) is 9.84 Å². The lowest BCUT2D eigenvalue weighted by Gasteiger charge is -2.06. The number of fused-ring (bicyclic) bond motifs is 1. The Morgan fingerprint density at radius 1 is 1.28 bits per heavy atom. The lowest BCUT2D eigenvalue weighted by atomic mass is 10.3. The number of nitrogens with one attached hydrogen (secondary N) is 2. The van der Waals surface area contributed by atoms with Crippen LogP contribution in [-0.4, -0.2) is 34.1 Å². The summed E-state index contributed by atoms with van der Waals surface area (Å²) in [5, 5.41) is 10.1. The molecule has 1 aromatic carbocycles. The van der Waals surface area contributed by atoms with Gasteiger partial charge in [0.1, 0.15) is 11.5 Å². The van der Waals surface area contributed by atoms with Crippen LogP contribution in [0.4, 0.5) is 0 Å². The molecule has 0 aliphatic carbocycles. The van der Waals surface area contributed by atoms with Crippen molar-refractivity contribution in [3.63, 3.8) is 0 Å². The zero-order chi connectivity index (χ0) is 20.8. The van der Waals surface area contributed by atoms with Gasteiger partial charge in [-0.1, -0.05) is 0 Å². The standard InChI is InChI=1S/C19H19N5O4S/c1-11-17(28-10-21-11)9-20-19(25)16-7-18(12(2)24(16)3)29(26,27)14-4-5-15-13(6-14)8-22-23-15/h4-8,10H,9H2,1-3H3,(H,20,25)(H,22,23). The zero-order valence-corrected chi connectivity index (χ0v) is 16.9. The molecule has 0 atom stereocenters. The summed E-state index contributed by atoms with van der Waals surface area (Å²) in [7, 11) is -2.16. The van der Waals surface area contributed by atoms with Crippen molar-refractivity contribution in [3.05, 3.63) is 59.7 Å². The molecule has 0 spiro atoms. The summed E-state index contributed by atoms with van der Waals surface area (Å²) in [5.41, 5.74) is 2.14. The average molecular weight is 413 g/mol. The van der Waals surface area contributed by atoms with Gasteiger partial charge in [0.15, 0.2) is 6.39 Å². The van der Waals surface area contributed by atoms with Gasteiger partial charge in [-0.25, -0.2) is 13.4 Å². The first kappa shape index (κ1) is 18.9. The van der Waals surface area contributed by atoms with Crippen molar-refractivity contribution in [3.8, 4) is 0 Å². The Morgan fingerprint density at radius 3 is 2.79 bits per heavy atom. The molecule has 3 heterocycles. The maximum Gasteiger partial charge on any atom is 0.268 e. The van der Waals surface area contributed by atoms with Crippen molar-refractivity contribution < 1.29 is 17.6 Å². The molecule has 3 aromatic heterocycles. The second kappa shape index (κ2) is 6.89. The molecular formula is C19H19N5O4S. The van der Waals surface area contributed by atoms with E-state index in [0.717, 1.165) is 5.52 Å². The van der Waals surface area contributed by atoms with Crippen LogP contribution in [0.2, 0.25) is 0 Å². The highest BCUT2D eigenvalue weighted by atomic mass is 32.2. The van der Waals surface area contributed by atoms with E-state index in [1.165, 1.54) is 18.5 Å². The molecule has 0 aliphatic heterocycles. The van der Waals surface area contributed by atoms with E-state index in [-0.39, 0.29) is 22.0 Å². The van der Waals surface area contributed by atoms with Crippen molar-refractivity contribution in [1.82, 2.24) is 25.1 Å². The van der Waals surface area contributed by atoms with Crippen LogP contribution in [-0.2, 0) is 23.4 Å². The van der Waals surface area contributed by atoms with Crippen molar-refractivity contribution in [2.45, 2.75) is 30.2 Å². The second-order valence-corrected chi connectivity index (χ2v) is 8.62. The number of aromatic nitrogens is 4. The lowest BCUT2D eigenvalue weighted by Crippen LogP contribution is -2.25. The predicted molar refractivity (Wildman–Crippen MR) is 104 cm³/mol. The van der Waals surface area contributed by atoms with Crippen LogP contribution in [0.5, 0.6) is 0 Å². The van der Waals surface area contributed by atoms with Gasteiger partial charge in [-0.3, -0.25) is 9.89 Å². The second-order valence-electron chi connectivity index (χ2n) is 6.70. The van der Waals surface area contributed by atoms with Gasteiger partial charge < -0.3 is 14.3 Å². The Labute approximate surface area is 166 Å². The lowest BCUT2D eigenvalue weighted by molar-refractivity contribution is 0.0939. The number of sulfone groups is 1. The summed E-state index contributed by atoms with van der Waals surface area (Å²) in [6.45, 7) is 3.61. The number of amides is 1. The molecule has 29 heavy (non-hydrogen) atoms. The number of benzene rings is 1. The van der Waals surface area contributed by atoms with Gasteiger partial charge in [-0.2, -0.15) is 5.10 Å². The third-order valence-corrected chi connectivity index (χ3v) is 6.85. The molecule has 2 N–H and O–H groups in total. The number of rotatable bonds is 5. The molecule has 1 amide bonds. The fourth-order valence-corrected chi connectivity index (χ4v) is 4.70. The quantitative estimate of drug-likeness (QED) is 0.517. The summed E-state index contributed by atoms with van der Waals surface area (Å²) in [6, 6.07) is 6.15. The van der Waals surface area contributed by atoms with Crippen molar-refractivity contribution in [2.24, 2.45) is 7.05 Å². The van der Waals surface area contributed by atoms with E-state index >= 15 is 0 Å². The van der Waals surface area contributed by atoms with E-state index in [0.29, 0.717) is 22.5 Å². The molecule has 0 aliphatic rings. The van der Waals surface area contributed by atoms with Crippen LogP contribution >= 0.6 is 0 Å². The molecule has 0 unspecified atom stereocenters.